The minimum absolute atomic E-state index is 0.0100. The van der Waals surface area contributed by atoms with Crippen LogP contribution in [0.5, 0.6) is 5.75 Å². The van der Waals surface area contributed by atoms with Crippen molar-refractivity contribution in [2.75, 3.05) is 68.7 Å². The Bertz CT molecular complexity index is 1050. The van der Waals surface area contributed by atoms with Crippen LogP contribution in [0.3, 0.4) is 0 Å². The Balaban J connectivity index is 1.45. The van der Waals surface area contributed by atoms with E-state index in [1.165, 1.54) is 25.7 Å². The molecule has 1 saturated carbocycles. The summed E-state index contributed by atoms with van der Waals surface area (Å²) < 4.78 is 10.6. The van der Waals surface area contributed by atoms with Crippen LogP contribution in [0, 0.1) is 5.92 Å². The number of carbonyl (C=O) groups is 2. The van der Waals surface area contributed by atoms with Crippen molar-refractivity contribution >= 4 is 28.9 Å². The normalized spacial score (nSPS) is 16.1. The molecule has 2 aromatic rings. The number of para-hydroxylation sites is 2. The van der Waals surface area contributed by atoms with Crippen LogP contribution in [0.25, 0.3) is 0 Å². The molecule has 0 atom stereocenters. The molecule has 37 heavy (non-hydrogen) atoms. The lowest BCUT2D eigenvalue weighted by Crippen LogP contribution is -2.47. The summed E-state index contributed by atoms with van der Waals surface area (Å²) in [6, 6.07) is 13.7. The van der Waals surface area contributed by atoms with E-state index in [0.717, 1.165) is 49.7 Å². The second kappa shape index (κ2) is 13.3. The molecule has 8 nitrogen and oxygen atoms in total. The lowest BCUT2D eigenvalue weighted by Gasteiger charge is -2.38. The molecule has 0 unspecified atom stereocenters. The van der Waals surface area contributed by atoms with Crippen molar-refractivity contribution in [2.45, 2.75) is 38.5 Å². The Hall–Kier alpha value is -3.26. The van der Waals surface area contributed by atoms with Gasteiger partial charge in [0, 0.05) is 57.6 Å². The van der Waals surface area contributed by atoms with Crippen molar-refractivity contribution in [2.24, 2.45) is 5.92 Å². The molecule has 1 aliphatic heterocycles. The average molecular weight is 509 g/mol. The molecule has 2 amide bonds. The van der Waals surface area contributed by atoms with Crippen LogP contribution in [-0.4, -0.2) is 65.4 Å². The van der Waals surface area contributed by atoms with Gasteiger partial charge in [0.2, 0.25) is 5.91 Å². The molecule has 1 aliphatic carbocycles. The molecule has 1 saturated heterocycles. The molecule has 0 bridgehead atoms. The monoisotopic (exact) mass is 508 g/mol. The number of nitrogens with zero attached hydrogens (tertiary/aromatic N) is 2. The highest BCUT2D eigenvalue weighted by atomic mass is 16.5. The fraction of sp³-hybridized carbons (Fsp3) is 0.517. The second-order valence-corrected chi connectivity index (χ2v) is 9.86. The van der Waals surface area contributed by atoms with Crippen molar-refractivity contribution in [1.29, 1.82) is 0 Å². The molecule has 1 heterocycles. The molecule has 2 fully saturated rings. The first-order chi connectivity index (χ1) is 18.1. The van der Waals surface area contributed by atoms with Gasteiger partial charge in [0.25, 0.3) is 5.91 Å². The van der Waals surface area contributed by atoms with E-state index in [-0.39, 0.29) is 11.8 Å². The zero-order valence-corrected chi connectivity index (χ0v) is 22.1. The predicted molar refractivity (Wildman–Crippen MR) is 148 cm³/mol. The number of anilines is 3. The first-order valence-electron chi connectivity index (χ1n) is 13.4. The average Bonchev–Trinajstić information content (AvgIpc) is 3.46. The fourth-order valence-corrected chi connectivity index (χ4v) is 5.37. The van der Waals surface area contributed by atoms with E-state index in [9.17, 15) is 9.59 Å². The van der Waals surface area contributed by atoms with Gasteiger partial charge in [-0.25, -0.2) is 0 Å². The number of methoxy groups -OCH3 is 2. The van der Waals surface area contributed by atoms with Crippen molar-refractivity contribution in [3.8, 4) is 5.75 Å². The maximum absolute atomic E-state index is 13.2. The van der Waals surface area contributed by atoms with Gasteiger partial charge in [-0.15, -0.1) is 0 Å². The van der Waals surface area contributed by atoms with Crippen molar-refractivity contribution in [3.05, 3.63) is 48.0 Å². The number of nitrogens with one attached hydrogen (secondary N) is 2. The summed E-state index contributed by atoms with van der Waals surface area (Å²) in [4.78, 5) is 30.3. The van der Waals surface area contributed by atoms with Gasteiger partial charge < -0.3 is 29.9 Å². The molecule has 200 valence electrons. The summed E-state index contributed by atoms with van der Waals surface area (Å²) in [5, 5.41) is 5.96. The van der Waals surface area contributed by atoms with Crippen LogP contribution in [0.4, 0.5) is 17.1 Å². The topological polar surface area (TPSA) is 83.1 Å². The van der Waals surface area contributed by atoms with E-state index in [2.05, 4.69) is 26.5 Å². The third-order valence-corrected chi connectivity index (χ3v) is 7.42. The quantitative estimate of drug-likeness (QED) is 0.440. The van der Waals surface area contributed by atoms with Crippen LogP contribution in [0.15, 0.2) is 42.5 Å². The van der Waals surface area contributed by atoms with Crippen LogP contribution in [0.1, 0.15) is 48.9 Å². The smallest absolute Gasteiger partial charge is 0.253 e. The SMILES string of the molecule is COCCNC(=O)c1cc(NC(=O)CCC2CCCC2)ccc1N1CCN(c2ccccc2OC)CC1. The highest BCUT2D eigenvalue weighted by Gasteiger charge is 2.24. The number of ether oxygens (including phenoxy) is 2. The maximum Gasteiger partial charge on any atom is 0.253 e. The van der Waals surface area contributed by atoms with Gasteiger partial charge in [0.15, 0.2) is 0 Å². The number of piperazine rings is 1. The fourth-order valence-electron chi connectivity index (χ4n) is 5.37. The number of benzene rings is 2. The predicted octanol–water partition coefficient (Wildman–Crippen LogP) is 4.31. The third kappa shape index (κ3) is 7.16. The molecule has 0 radical (unpaired) electrons. The molecule has 2 aromatic carbocycles. The minimum atomic E-state index is -0.165. The number of hydrogen-bond donors (Lipinski definition) is 2. The van der Waals surface area contributed by atoms with E-state index >= 15 is 0 Å². The van der Waals surface area contributed by atoms with Crippen LogP contribution in [-0.2, 0) is 9.53 Å². The molecular weight excluding hydrogens is 468 g/mol. The van der Waals surface area contributed by atoms with Gasteiger partial charge in [-0.2, -0.15) is 0 Å². The largest absolute Gasteiger partial charge is 0.495 e. The highest BCUT2D eigenvalue weighted by Crippen LogP contribution is 2.31. The van der Waals surface area contributed by atoms with Gasteiger partial charge in [-0.05, 0) is 42.7 Å². The van der Waals surface area contributed by atoms with Gasteiger partial charge in [-0.3, -0.25) is 9.59 Å². The lowest BCUT2D eigenvalue weighted by atomic mass is 10.0. The lowest BCUT2D eigenvalue weighted by molar-refractivity contribution is -0.116. The van der Waals surface area contributed by atoms with E-state index in [0.29, 0.717) is 36.7 Å². The molecule has 8 heteroatoms. The summed E-state index contributed by atoms with van der Waals surface area (Å²) in [5.74, 6) is 1.38. The van der Waals surface area contributed by atoms with Crippen molar-refractivity contribution in [3.63, 3.8) is 0 Å². The van der Waals surface area contributed by atoms with Gasteiger partial charge in [0.05, 0.1) is 25.0 Å². The summed E-state index contributed by atoms with van der Waals surface area (Å²) >= 11 is 0. The van der Waals surface area contributed by atoms with Crippen LogP contribution in [0.2, 0.25) is 0 Å². The van der Waals surface area contributed by atoms with Crippen molar-refractivity contribution < 1.29 is 19.1 Å². The summed E-state index contributed by atoms with van der Waals surface area (Å²) in [5.41, 5.74) is 3.18. The summed E-state index contributed by atoms with van der Waals surface area (Å²) in [7, 11) is 3.30. The molecule has 0 aromatic heterocycles. The first kappa shape index (κ1) is 26.8. The molecule has 2 N–H and O–H groups in total. The number of carbonyl (C=O) groups excluding carboxylic acids is 2. The maximum atomic E-state index is 13.2. The van der Waals surface area contributed by atoms with E-state index in [1.807, 2.05) is 30.3 Å². The summed E-state index contributed by atoms with van der Waals surface area (Å²) in [6.07, 6.45) is 6.48. The molecule has 4 rings (SSSR count). The van der Waals surface area contributed by atoms with Crippen molar-refractivity contribution in [1.82, 2.24) is 5.32 Å². The van der Waals surface area contributed by atoms with Gasteiger partial charge >= 0.3 is 0 Å². The van der Waals surface area contributed by atoms with Gasteiger partial charge in [0.1, 0.15) is 5.75 Å². The van der Waals surface area contributed by atoms with Gasteiger partial charge in [-0.1, -0.05) is 37.8 Å². The Labute approximate surface area is 220 Å². The van der Waals surface area contributed by atoms with Crippen LogP contribution < -0.4 is 25.2 Å². The number of rotatable bonds is 11. The summed E-state index contributed by atoms with van der Waals surface area (Å²) in [6.45, 7) is 4.02. The second-order valence-electron chi connectivity index (χ2n) is 9.86. The highest BCUT2D eigenvalue weighted by molar-refractivity contribution is 6.02. The molecule has 0 spiro atoms. The third-order valence-electron chi connectivity index (χ3n) is 7.42. The Morgan fingerprint density at radius 1 is 0.946 bits per heavy atom. The number of hydrogen-bond acceptors (Lipinski definition) is 6. The Morgan fingerprint density at radius 2 is 1.65 bits per heavy atom. The van der Waals surface area contributed by atoms with E-state index in [1.54, 1.807) is 20.3 Å². The first-order valence-corrected chi connectivity index (χ1v) is 13.4. The number of amides is 2. The minimum Gasteiger partial charge on any atom is -0.495 e. The Morgan fingerprint density at radius 3 is 2.35 bits per heavy atom. The zero-order chi connectivity index (χ0) is 26.0. The zero-order valence-electron chi connectivity index (χ0n) is 22.1. The van der Waals surface area contributed by atoms with E-state index < -0.39 is 0 Å². The van der Waals surface area contributed by atoms with Crippen LogP contribution >= 0.6 is 0 Å². The molecule has 2 aliphatic rings. The molecular formula is C29H40N4O4. The Kier molecular flexibility index (Phi) is 9.65. The standard InChI is InChI=1S/C29H40N4O4/c1-36-20-15-30-29(35)24-21-23(31-28(34)14-11-22-7-3-4-8-22)12-13-25(24)32-16-18-33(19-17-32)26-9-5-6-10-27(26)37-2/h5-6,9-10,12-13,21-22H,3-4,7-8,11,14-20H2,1-2H3,(H,30,35)(H,31,34). The van der Waals surface area contributed by atoms with E-state index in [4.69, 9.17) is 9.47 Å².